The van der Waals surface area contributed by atoms with Gasteiger partial charge in [0.15, 0.2) is 5.16 Å². The third-order valence-electron chi connectivity index (χ3n) is 5.72. The minimum Gasteiger partial charge on any atom is -0.349 e. The van der Waals surface area contributed by atoms with Gasteiger partial charge in [0.25, 0.3) is 11.5 Å². The van der Waals surface area contributed by atoms with Gasteiger partial charge in [-0.15, -0.1) is 0 Å². The van der Waals surface area contributed by atoms with Crippen molar-refractivity contribution in [3.8, 4) is 0 Å². The normalized spacial score (nSPS) is 13.1. The zero-order valence-electron chi connectivity index (χ0n) is 19.4. The molecule has 1 fully saturated rings. The zero-order chi connectivity index (χ0) is 23.9. The van der Waals surface area contributed by atoms with Gasteiger partial charge in [-0.25, -0.2) is 4.98 Å². The van der Waals surface area contributed by atoms with E-state index in [1.807, 2.05) is 18.2 Å². The molecular formula is C26H30N4O3S. The summed E-state index contributed by atoms with van der Waals surface area (Å²) in [6.07, 6.45) is 6.22. The van der Waals surface area contributed by atoms with E-state index in [0.717, 1.165) is 38.5 Å². The SMILES string of the molecule is CCCCCCn1c(SCC(=O)Nc2cccc(C(=O)NC3CC3)c2)nc2ccccc2c1=O. The average molecular weight is 479 g/mol. The molecule has 1 heterocycles. The van der Waals surface area contributed by atoms with Crippen LogP contribution in [-0.2, 0) is 11.3 Å². The number of unbranched alkanes of at least 4 members (excludes halogenated alkanes) is 3. The molecule has 2 aromatic carbocycles. The number of carbonyl (C=O) groups is 2. The van der Waals surface area contributed by atoms with Crippen molar-refractivity contribution in [2.75, 3.05) is 11.1 Å². The van der Waals surface area contributed by atoms with Crippen LogP contribution in [0.2, 0.25) is 0 Å². The molecule has 1 aliphatic rings. The molecule has 2 amide bonds. The molecule has 0 radical (unpaired) electrons. The number of para-hydroxylation sites is 1. The van der Waals surface area contributed by atoms with Crippen LogP contribution in [0.3, 0.4) is 0 Å². The highest BCUT2D eigenvalue weighted by Crippen LogP contribution is 2.21. The Morgan fingerprint density at radius 2 is 1.91 bits per heavy atom. The first-order chi connectivity index (χ1) is 16.5. The van der Waals surface area contributed by atoms with Crippen molar-refractivity contribution in [3.05, 3.63) is 64.4 Å². The Hall–Kier alpha value is -3.13. The van der Waals surface area contributed by atoms with E-state index in [9.17, 15) is 14.4 Å². The van der Waals surface area contributed by atoms with Crippen molar-refractivity contribution in [1.82, 2.24) is 14.9 Å². The number of anilines is 1. The number of thioether (sulfide) groups is 1. The number of nitrogens with zero attached hydrogens (tertiary/aromatic N) is 2. The number of rotatable bonds is 11. The smallest absolute Gasteiger partial charge is 0.262 e. The molecule has 3 aromatic rings. The first-order valence-corrected chi connectivity index (χ1v) is 12.9. The molecule has 0 atom stereocenters. The number of carbonyl (C=O) groups excluding carboxylic acids is 2. The third-order valence-corrected chi connectivity index (χ3v) is 6.69. The summed E-state index contributed by atoms with van der Waals surface area (Å²) in [5.74, 6) is -0.233. The van der Waals surface area contributed by atoms with Crippen LogP contribution in [0.1, 0.15) is 55.8 Å². The Morgan fingerprint density at radius 1 is 1.09 bits per heavy atom. The Labute approximate surface area is 203 Å². The highest BCUT2D eigenvalue weighted by Gasteiger charge is 2.23. The minimum absolute atomic E-state index is 0.0700. The molecule has 34 heavy (non-hydrogen) atoms. The predicted octanol–water partition coefficient (Wildman–Crippen LogP) is 4.60. The molecule has 8 heteroatoms. The van der Waals surface area contributed by atoms with Gasteiger partial charge in [-0.3, -0.25) is 19.0 Å². The summed E-state index contributed by atoms with van der Waals surface area (Å²) in [6, 6.07) is 14.5. The van der Waals surface area contributed by atoms with Crippen molar-refractivity contribution in [2.24, 2.45) is 0 Å². The molecule has 0 unspecified atom stereocenters. The van der Waals surface area contributed by atoms with Crippen molar-refractivity contribution in [2.45, 2.75) is 63.2 Å². The maximum atomic E-state index is 13.1. The lowest BCUT2D eigenvalue weighted by atomic mass is 10.2. The molecule has 178 valence electrons. The molecule has 7 nitrogen and oxygen atoms in total. The second-order valence-corrected chi connectivity index (χ2v) is 9.54. The quantitative estimate of drug-likeness (QED) is 0.239. The predicted molar refractivity (Wildman–Crippen MR) is 136 cm³/mol. The molecule has 0 aliphatic heterocycles. The van der Waals surface area contributed by atoms with Crippen LogP contribution < -0.4 is 16.2 Å². The first kappa shape index (κ1) is 24.0. The number of hydrogen-bond donors (Lipinski definition) is 2. The van der Waals surface area contributed by atoms with Gasteiger partial charge in [-0.2, -0.15) is 0 Å². The van der Waals surface area contributed by atoms with Gasteiger partial charge >= 0.3 is 0 Å². The van der Waals surface area contributed by atoms with Crippen LogP contribution >= 0.6 is 11.8 Å². The summed E-state index contributed by atoms with van der Waals surface area (Å²) in [4.78, 5) is 42.7. The fraction of sp³-hybridized carbons (Fsp3) is 0.385. The summed E-state index contributed by atoms with van der Waals surface area (Å²) >= 11 is 1.25. The van der Waals surface area contributed by atoms with Crippen LogP contribution in [-0.4, -0.2) is 33.2 Å². The number of amides is 2. The second-order valence-electron chi connectivity index (χ2n) is 8.59. The van der Waals surface area contributed by atoms with E-state index in [1.165, 1.54) is 11.8 Å². The molecule has 2 N–H and O–H groups in total. The van der Waals surface area contributed by atoms with Crippen molar-refractivity contribution in [1.29, 1.82) is 0 Å². The molecule has 1 aliphatic carbocycles. The third kappa shape index (κ3) is 6.26. The highest BCUT2D eigenvalue weighted by atomic mass is 32.2. The van der Waals surface area contributed by atoms with Gasteiger partial charge in [0.2, 0.25) is 5.91 Å². The lowest BCUT2D eigenvalue weighted by Crippen LogP contribution is -2.25. The Morgan fingerprint density at radius 3 is 2.71 bits per heavy atom. The topological polar surface area (TPSA) is 93.1 Å². The minimum atomic E-state index is -0.218. The van der Waals surface area contributed by atoms with Gasteiger partial charge < -0.3 is 10.6 Å². The summed E-state index contributed by atoms with van der Waals surface area (Å²) in [7, 11) is 0. The van der Waals surface area contributed by atoms with Gasteiger partial charge in [-0.1, -0.05) is 56.1 Å². The van der Waals surface area contributed by atoms with Gasteiger partial charge in [0.05, 0.1) is 16.7 Å². The van der Waals surface area contributed by atoms with Gasteiger partial charge in [0, 0.05) is 23.8 Å². The monoisotopic (exact) mass is 478 g/mol. The summed E-state index contributed by atoms with van der Waals surface area (Å²) in [5, 5.41) is 6.94. The lowest BCUT2D eigenvalue weighted by Gasteiger charge is -2.13. The number of aromatic nitrogens is 2. The van der Waals surface area contributed by atoms with Crippen molar-refractivity contribution >= 4 is 40.2 Å². The van der Waals surface area contributed by atoms with Crippen LogP contribution in [0, 0.1) is 0 Å². The van der Waals surface area contributed by atoms with Crippen molar-refractivity contribution < 1.29 is 9.59 Å². The lowest BCUT2D eigenvalue weighted by molar-refractivity contribution is -0.113. The maximum absolute atomic E-state index is 13.1. The van der Waals surface area contributed by atoms with E-state index < -0.39 is 0 Å². The maximum Gasteiger partial charge on any atom is 0.262 e. The average Bonchev–Trinajstić information content (AvgIpc) is 3.66. The molecule has 1 aromatic heterocycles. The summed E-state index contributed by atoms with van der Waals surface area (Å²) < 4.78 is 1.69. The molecule has 0 spiro atoms. The van der Waals surface area contributed by atoms with E-state index in [-0.39, 0.29) is 29.2 Å². The fourth-order valence-corrected chi connectivity index (χ4v) is 4.54. The summed E-state index contributed by atoms with van der Waals surface area (Å²) in [5.41, 5.74) is 1.65. The van der Waals surface area contributed by atoms with Crippen LogP contribution in [0.5, 0.6) is 0 Å². The standard InChI is InChI=1S/C26H30N4O3S/c1-2-3-4-7-15-30-25(33)21-11-5-6-12-22(21)29-26(30)34-17-23(31)27-20-10-8-9-18(16-20)24(32)28-19-13-14-19/h5-6,8-12,16,19H,2-4,7,13-15,17H2,1H3,(H,27,31)(H,28,32). The fourth-order valence-electron chi connectivity index (χ4n) is 3.71. The Bertz CT molecular complexity index is 1240. The first-order valence-electron chi connectivity index (χ1n) is 11.9. The van der Waals surface area contributed by atoms with Gasteiger partial charge in [0.1, 0.15) is 0 Å². The number of nitrogens with one attached hydrogen (secondary N) is 2. The second kappa shape index (κ2) is 11.3. The van der Waals surface area contributed by atoms with Crippen LogP contribution in [0.15, 0.2) is 58.5 Å². The van der Waals surface area contributed by atoms with Gasteiger partial charge in [-0.05, 0) is 49.6 Å². The van der Waals surface area contributed by atoms with Crippen molar-refractivity contribution in [3.63, 3.8) is 0 Å². The Kier molecular flexibility index (Phi) is 8.00. The van der Waals surface area contributed by atoms with E-state index in [2.05, 4.69) is 22.5 Å². The van der Waals surface area contributed by atoms with Crippen LogP contribution in [0.4, 0.5) is 5.69 Å². The molecule has 4 rings (SSSR count). The molecule has 0 bridgehead atoms. The van der Waals surface area contributed by atoms with Crippen LogP contribution in [0.25, 0.3) is 10.9 Å². The largest absolute Gasteiger partial charge is 0.349 e. The number of fused-ring (bicyclic) bond motifs is 1. The van der Waals surface area contributed by atoms with E-state index in [4.69, 9.17) is 0 Å². The molecule has 0 saturated heterocycles. The zero-order valence-corrected chi connectivity index (χ0v) is 20.2. The molecule has 1 saturated carbocycles. The Balaban J connectivity index is 1.44. The molecular weight excluding hydrogens is 448 g/mol. The summed E-state index contributed by atoms with van der Waals surface area (Å²) in [6.45, 7) is 2.73. The van der Waals surface area contributed by atoms with E-state index >= 15 is 0 Å². The number of benzene rings is 2. The number of hydrogen-bond acceptors (Lipinski definition) is 5. The van der Waals surface area contributed by atoms with E-state index in [0.29, 0.717) is 33.9 Å². The van der Waals surface area contributed by atoms with E-state index in [1.54, 1.807) is 34.9 Å². The highest BCUT2D eigenvalue weighted by molar-refractivity contribution is 7.99.